The van der Waals surface area contributed by atoms with Crippen molar-refractivity contribution in [3.63, 3.8) is 0 Å². The van der Waals surface area contributed by atoms with Crippen molar-refractivity contribution in [2.45, 2.75) is 58.9 Å². The topological polar surface area (TPSA) is 26.0 Å². The van der Waals surface area contributed by atoms with Crippen LogP contribution in [0.25, 0.3) is 0 Å². The van der Waals surface area contributed by atoms with Gasteiger partial charge in [-0.25, -0.2) is 0 Å². The number of hydrogen-bond acceptors (Lipinski definition) is 1. The predicted molar refractivity (Wildman–Crippen MR) is 58.6 cm³/mol. The van der Waals surface area contributed by atoms with E-state index in [1.54, 1.807) is 0 Å². The Kier molecular flexibility index (Phi) is 4.24. The van der Waals surface area contributed by atoms with Crippen molar-refractivity contribution in [1.29, 1.82) is 0 Å². The Morgan fingerprint density at radius 1 is 1.23 bits per heavy atom. The minimum Gasteiger partial charge on any atom is -0.328 e. The van der Waals surface area contributed by atoms with E-state index in [4.69, 9.17) is 5.73 Å². The zero-order chi connectivity index (χ0) is 9.84. The van der Waals surface area contributed by atoms with Crippen LogP contribution < -0.4 is 5.73 Å². The molecule has 1 saturated carbocycles. The second kappa shape index (κ2) is 4.99. The number of nitrogens with two attached hydrogens (primary N) is 1. The van der Waals surface area contributed by atoms with Gasteiger partial charge in [0.25, 0.3) is 0 Å². The summed E-state index contributed by atoms with van der Waals surface area (Å²) < 4.78 is 0. The first-order valence-corrected chi connectivity index (χ1v) is 5.85. The normalized spacial score (nSPS) is 37.4. The summed E-state index contributed by atoms with van der Waals surface area (Å²) in [5.41, 5.74) is 5.77. The first kappa shape index (κ1) is 11.0. The van der Waals surface area contributed by atoms with Crippen LogP contribution in [0.3, 0.4) is 0 Å². The van der Waals surface area contributed by atoms with Crippen molar-refractivity contribution in [1.82, 2.24) is 0 Å². The van der Waals surface area contributed by atoms with E-state index in [1.807, 2.05) is 0 Å². The average molecular weight is 183 g/mol. The smallest absolute Gasteiger partial charge is 0.00105 e. The summed E-state index contributed by atoms with van der Waals surface area (Å²) in [5.74, 6) is 2.86. The van der Waals surface area contributed by atoms with Crippen molar-refractivity contribution in [3.8, 4) is 0 Å². The van der Waals surface area contributed by atoms with Crippen molar-refractivity contribution < 1.29 is 0 Å². The van der Waals surface area contributed by atoms with E-state index in [-0.39, 0.29) is 0 Å². The molecule has 0 spiro atoms. The van der Waals surface area contributed by atoms with E-state index < -0.39 is 0 Å². The Labute approximate surface area is 83.1 Å². The van der Waals surface area contributed by atoms with Crippen molar-refractivity contribution in [2.75, 3.05) is 0 Å². The highest BCUT2D eigenvalue weighted by atomic mass is 14.6. The Morgan fingerprint density at radius 3 is 2.46 bits per heavy atom. The van der Waals surface area contributed by atoms with Crippen molar-refractivity contribution in [2.24, 2.45) is 23.5 Å². The van der Waals surface area contributed by atoms with Crippen molar-refractivity contribution in [3.05, 3.63) is 0 Å². The van der Waals surface area contributed by atoms with Gasteiger partial charge in [-0.2, -0.15) is 0 Å². The summed E-state index contributed by atoms with van der Waals surface area (Å²) in [6.07, 6.45) is 6.89. The van der Waals surface area contributed by atoms with Gasteiger partial charge in [0, 0.05) is 6.04 Å². The molecule has 13 heavy (non-hydrogen) atoms. The van der Waals surface area contributed by atoms with E-state index in [9.17, 15) is 0 Å². The maximum atomic E-state index is 5.77. The van der Waals surface area contributed by atoms with E-state index >= 15 is 0 Å². The fraction of sp³-hybridized carbons (Fsp3) is 1.00. The van der Waals surface area contributed by atoms with Crippen molar-refractivity contribution >= 4 is 0 Å². The maximum absolute atomic E-state index is 5.77. The molecule has 0 aromatic carbocycles. The Bertz CT molecular complexity index is 142. The Balaban J connectivity index is 2.21. The highest BCUT2D eigenvalue weighted by Crippen LogP contribution is 2.35. The fourth-order valence-electron chi connectivity index (χ4n) is 2.42. The maximum Gasteiger partial charge on any atom is 0.00105 e. The molecule has 1 heteroatoms. The average Bonchev–Trinajstić information content (AvgIpc) is 2.07. The molecule has 0 heterocycles. The largest absolute Gasteiger partial charge is 0.328 e. The third-order valence-corrected chi connectivity index (χ3v) is 3.74. The molecule has 4 atom stereocenters. The van der Waals surface area contributed by atoms with E-state index in [1.165, 1.54) is 32.1 Å². The van der Waals surface area contributed by atoms with Crippen LogP contribution >= 0.6 is 0 Å². The molecule has 1 rings (SSSR count). The molecule has 0 amide bonds. The van der Waals surface area contributed by atoms with Crippen LogP contribution in [0.2, 0.25) is 0 Å². The van der Waals surface area contributed by atoms with Gasteiger partial charge in [-0.15, -0.1) is 0 Å². The first-order valence-electron chi connectivity index (χ1n) is 5.85. The van der Waals surface area contributed by atoms with Crippen LogP contribution in [0.1, 0.15) is 52.9 Å². The van der Waals surface area contributed by atoms with E-state index in [2.05, 4.69) is 20.8 Å². The molecular weight excluding hydrogens is 158 g/mol. The Hall–Kier alpha value is -0.0400. The summed E-state index contributed by atoms with van der Waals surface area (Å²) in [5, 5.41) is 0. The van der Waals surface area contributed by atoms with E-state index in [0.29, 0.717) is 6.04 Å². The fourth-order valence-corrected chi connectivity index (χ4v) is 2.42. The summed E-state index contributed by atoms with van der Waals surface area (Å²) in [6.45, 7) is 6.92. The third kappa shape index (κ3) is 3.68. The highest BCUT2D eigenvalue weighted by Gasteiger charge is 2.24. The van der Waals surface area contributed by atoms with Crippen LogP contribution in [0.5, 0.6) is 0 Å². The summed E-state index contributed by atoms with van der Waals surface area (Å²) in [6, 6.07) is 0.398. The van der Waals surface area contributed by atoms with Gasteiger partial charge < -0.3 is 5.73 Å². The van der Waals surface area contributed by atoms with Gasteiger partial charge in [0.15, 0.2) is 0 Å². The molecule has 4 unspecified atom stereocenters. The first-order chi connectivity index (χ1) is 6.09. The van der Waals surface area contributed by atoms with Gasteiger partial charge in [-0.05, 0) is 43.9 Å². The molecule has 2 N–H and O–H groups in total. The van der Waals surface area contributed by atoms with Gasteiger partial charge in [0.05, 0.1) is 0 Å². The summed E-state index contributed by atoms with van der Waals surface area (Å²) in [4.78, 5) is 0. The molecule has 0 bridgehead atoms. The summed E-state index contributed by atoms with van der Waals surface area (Å²) >= 11 is 0. The second-order valence-electron chi connectivity index (χ2n) is 5.19. The van der Waals surface area contributed by atoms with Crippen LogP contribution in [-0.4, -0.2) is 6.04 Å². The monoisotopic (exact) mass is 183 g/mol. The SMILES string of the molecule is CC(N)CCC1CCC(C)C(C)C1. The minimum absolute atomic E-state index is 0.398. The third-order valence-electron chi connectivity index (χ3n) is 3.74. The molecule has 1 aliphatic rings. The molecule has 1 nitrogen and oxygen atoms in total. The molecule has 0 aliphatic heterocycles. The minimum atomic E-state index is 0.398. The van der Waals surface area contributed by atoms with Gasteiger partial charge in [-0.1, -0.05) is 26.7 Å². The molecule has 78 valence electrons. The standard InChI is InChI=1S/C12H25N/c1-9-4-6-12(8-10(9)2)7-5-11(3)13/h9-12H,4-8,13H2,1-3H3. The lowest BCUT2D eigenvalue weighted by Gasteiger charge is -2.32. The molecule has 1 aliphatic carbocycles. The lowest BCUT2D eigenvalue weighted by Crippen LogP contribution is -2.23. The zero-order valence-electron chi connectivity index (χ0n) is 9.42. The number of rotatable bonds is 3. The molecule has 0 aromatic rings. The lowest BCUT2D eigenvalue weighted by atomic mass is 9.74. The van der Waals surface area contributed by atoms with Gasteiger partial charge in [0.1, 0.15) is 0 Å². The molecule has 0 radical (unpaired) electrons. The zero-order valence-corrected chi connectivity index (χ0v) is 9.42. The molecule has 0 saturated heterocycles. The molecular formula is C12H25N. The quantitative estimate of drug-likeness (QED) is 0.714. The second-order valence-corrected chi connectivity index (χ2v) is 5.19. The summed E-state index contributed by atoms with van der Waals surface area (Å²) in [7, 11) is 0. The highest BCUT2D eigenvalue weighted by molar-refractivity contribution is 4.75. The van der Waals surface area contributed by atoms with Gasteiger partial charge in [0.2, 0.25) is 0 Å². The lowest BCUT2D eigenvalue weighted by molar-refractivity contribution is 0.196. The molecule has 1 fully saturated rings. The van der Waals surface area contributed by atoms with E-state index in [0.717, 1.165) is 17.8 Å². The molecule has 0 aromatic heterocycles. The Morgan fingerprint density at radius 2 is 1.92 bits per heavy atom. The van der Waals surface area contributed by atoms with Crippen LogP contribution in [-0.2, 0) is 0 Å². The van der Waals surface area contributed by atoms with Gasteiger partial charge in [-0.3, -0.25) is 0 Å². The van der Waals surface area contributed by atoms with Gasteiger partial charge >= 0.3 is 0 Å². The number of hydrogen-bond donors (Lipinski definition) is 1. The van der Waals surface area contributed by atoms with Crippen LogP contribution in [0.15, 0.2) is 0 Å². The van der Waals surface area contributed by atoms with Crippen LogP contribution in [0, 0.1) is 17.8 Å². The van der Waals surface area contributed by atoms with Crippen LogP contribution in [0.4, 0.5) is 0 Å². The predicted octanol–water partition coefficient (Wildman–Crippen LogP) is 3.19.